The van der Waals surface area contributed by atoms with Gasteiger partial charge in [0.2, 0.25) is 0 Å². The SMILES string of the molecule is CCCCCCCCCCCCCCSCC(=O)SCC(CN(CCCCCCCCCCCCCC)C(C)=S)N(CCCCCCCCCCCCCC)C(C)=S. The van der Waals surface area contributed by atoms with Crippen LogP contribution in [-0.4, -0.2) is 67.8 Å². The molecule has 0 saturated carbocycles. The molecule has 0 aromatic carbocycles. The quantitative estimate of drug-likeness (QED) is 0.0443. The summed E-state index contributed by atoms with van der Waals surface area (Å²) in [5.41, 5.74) is 0. The van der Waals surface area contributed by atoms with E-state index in [2.05, 4.69) is 44.4 Å². The molecule has 0 amide bonds. The van der Waals surface area contributed by atoms with Gasteiger partial charge in [0.25, 0.3) is 0 Å². The molecule has 0 saturated heterocycles. The number of hydrogen-bond acceptors (Lipinski definition) is 5. The summed E-state index contributed by atoms with van der Waals surface area (Å²) in [7, 11) is 0. The first-order chi connectivity index (χ1) is 28.4. The topological polar surface area (TPSA) is 23.6 Å². The Morgan fingerprint density at radius 2 is 0.776 bits per heavy atom. The fraction of sp³-hybridized carbons (Fsp3) is 0.941. The molecule has 1 unspecified atom stereocenters. The zero-order valence-electron chi connectivity index (χ0n) is 39.7. The van der Waals surface area contributed by atoms with Crippen molar-refractivity contribution in [3.05, 3.63) is 0 Å². The van der Waals surface area contributed by atoms with Gasteiger partial charge in [-0.2, -0.15) is 11.8 Å². The van der Waals surface area contributed by atoms with Gasteiger partial charge in [0, 0.05) is 25.4 Å². The zero-order valence-corrected chi connectivity index (χ0v) is 43.0. The van der Waals surface area contributed by atoms with Crippen molar-refractivity contribution in [3.63, 3.8) is 0 Å². The van der Waals surface area contributed by atoms with E-state index in [4.69, 9.17) is 24.4 Å². The largest absolute Gasteiger partial charge is 0.364 e. The van der Waals surface area contributed by atoms with Crippen molar-refractivity contribution in [2.75, 3.05) is 36.9 Å². The average molecular weight is 886 g/mol. The Morgan fingerprint density at radius 1 is 0.448 bits per heavy atom. The van der Waals surface area contributed by atoms with E-state index >= 15 is 0 Å². The van der Waals surface area contributed by atoms with Gasteiger partial charge in [0.05, 0.1) is 21.8 Å². The highest BCUT2D eigenvalue weighted by atomic mass is 32.2. The van der Waals surface area contributed by atoms with Gasteiger partial charge in [0.15, 0.2) is 5.12 Å². The molecule has 0 aromatic heterocycles. The molecule has 0 rings (SSSR count). The van der Waals surface area contributed by atoms with Crippen LogP contribution in [0.3, 0.4) is 0 Å². The number of thiocarbonyl (C=S) groups is 2. The van der Waals surface area contributed by atoms with Crippen LogP contribution in [0.25, 0.3) is 0 Å². The number of carbonyl (C=O) groups excluding carboxylic acids is 1. The lowest BCUT2D eigenvalue weighted by Crippen LogP contribution is -2.49. The first-order valence-corrected chi connectivity index (χ1v) is 28.6. The molecule has 0 aliphatic carbocycles. The molecule has 0 heterocycles. The summed E-state index contributed by atoms with van der Waals surface area (Å²) in [6.45, 7) is 13.9. The van der Waals surface area contributed by atoms with Crippen LogP contribution < -0.4 is 0 Å². The predicted molar refractivity (Wildman–Crippen MR) is 277 cm³/mol. The van der Waals surface area contributed by atoms with Crippen LogP contribution in [-0.2, 0) is 4.79 Å². The van der Waals surface area contributed by atoms with E-state index < -0.39 is 0 Å². The van der Waals surface area contributed by atoms with Crippen molar-refractivity contribution < 1.29 is 4.79 Å². The molecule has 0 aliphatic heterocycles. The number of unbranched alkanes of at least 4 members (excludes halogenated alkanes) is 33. The number of rotatable bonds is 46. The summed E-state index contributed by atoms with van der Waals surface area (Å²) in [6, 6.07) is 0.204. The Labute approximate surface area is 384 Å². The van der Waals surface area contributed by atoms with Crippen molar-refractivity contribution in [2.45, 2.75) is 272 Å². The minimum Gasteiger partial charge on any atom is -0.364 e. The summed E-state index contributed by atoms with van der Waals surface area (Å²) in [4.78, 5) is 20.0. The Hall–Kier alpha value is 0.150. The lowest BCUT2D eigenvalue weighted by Gasteiger charge is -2.37. The number of carbonyl (C=O) groups is 1. The van der Waals surface area contributed by atoms with Gasteiger partial charge in [-0.1, -0.05) is 269 Å². The maximum Gasteiger partial charge on any atom is 0.198 e. The third kappa shape index (κ3) is 40.2. The molecule has 7 heteroatoms. The highest BCUT2D eigenvalue weighted by molar-refractivity contribution is 8.15. The van der Waals surface area contributed by atoms with Gasteiger partial charge in [-0.15, -0.1) is 0 Å². The average Bonchev–Trinajstić information content (AvgIpc) is 3.21. The number of nitrogens with zero attached hydrogens (tertiary/aromatic N) is 2. The molecule has 58 heavy (non-hydrogen) atoms. The molecule has 0 aliphatic rings. The van der Waals surface area contributed by atoms with Crippen LogP contribution in [0.4, 0.5) is 0 Å². The first kappa shape index (κ1) is 58.1. The monoisotopic (exact) mass is 885 g/mol. The standard InChI is InChI=1S/C51H100N2OS4/c1-6-9-12-15-18-21-24-27-30-33-36-39-42-52(48(4)55)45-50(53(49(5)56)43-40-37-34-31-28-25-22-19-16-13-10-7-2)46-58-51(54)47-57-44-41-38-35-32-29-26-23-20-17-14-11-8-3/h50H,6-47H2,1-5H3. The van der Waals surface area contributed by atoms with Crippen LogP contribution in [0, 0.1) is 0 Å². The van der Waals surface area contributed by atoms with Gasteiger partial charge in [-0.05, 0) is 38.9 Å². The van der Waals surface area contributed by atoms with Crippen LogP contribution in [0.1, 0.15) is 266 Å². The summed E-state index contributed by atoms with van der Waals surface area (Å²) in [6.07, 6.45) is 49.1. The molecule has 0 fully saturated rings. The summed E-state index contributed by atoms with van der Waals surface area (Å²) in [5, 5.41) is 0.327. The van der Waals surface area contributed by atoms with Gasteiger partial charge in [-0.25, -0.2) is 0 Å². The number of thioether (sulfide) groups is 2. The lowest BCUT2D eigenvalue weighted by molar-refractivity contribution is -0.108. The smallest absolute Gasteiger partial charge is 0.198 e. The molecular weight excluding hydrogens is 785 g/mol. The molecule has 1 atom stereocenters. The zero-order chi connectivity index (χ0) is 42.6. The van der Waals surface area contributed by atoms with Crippen LogP contribution in [0.15, 0.2) is 0 Å². The molecule has 0 bridgehead atoms. The highest BCUT2D eigenvalue weighted by Crippen LogP contribution is 2.20. The van der Waals surface area contributed by atoms with Crippen LogP contribution in [0.2, 0.25) is 0 Å². The summed E-state index contributed by atoms with van der Waals surface area (Å²) >= 11 is 15.1. The highest BCUT2D eigenvalue weighted by Gasteiger charge is 2.24. The second-order valence-electron chi connectivity index (χ2n) is 17.7. The Bertz CT molecular complexity index is 902. The van der Waals surface area contributed by atoms with Crippen molar-refractivity contribution in [1.82, 2.24) is 9.80 Å². The summed E-state index contributed by atoms with van der Waals surface area (Å²) in [5.74, 6) is 2.52. The Morgan fingerprint density at radius 3 is 1.12 bits per heavy atom. The van der Waals surface area contributed by atoms with E-state index in [0.29, 0.717) is 10.9 Å². The van der Waals surface area contributed by atoms with E-state index in [1.165, 1.54) is 231 Å². The summed E-state index contributed by atoms with van der Waals surface area (Å²) < 4.78 is 0. The fourth-order valence-corrected chi connectivity index (χ4v) is 10.5. The van der Waals surface area contributed by atoms with Crippen LogP contribution in [0.5, 0.6) is 0 Å². The maximum absolute atomic E-state index is 13.2. The molecular formula is C51H100N2OS4. The maximum atomic E-state index is 13.2. The Balaban J connectivity index is 4.80. The second kappa shape index (κ2) is 46.6. The molecule has 0 N–H and O–H groups in total. The molecule has 0 aromatic rings. The van der Waals surface area contributed by atoms with Crippen molar-refractivity contribution in [1.29, 1.82) is 0 Å². The van der Waals surface area contributed by atoms with E-state index in [1.54, 1.807) is 11.8 Å². The lowest BCUT2D eigenvalue weighted by atomic mass is 10.0. The van der Waals surface area contributed by atoms with Crippen molar-refractivity contribution in [2.24, 2.45) is 0 Å². The van der Waals surface area contributed by atoms with E-state index in [9.17, 15) is 4.79 Å². The van der Waals surface area contributed by atoms with Crippen molar-refractivity contribution >= 4 is 63.1 Å². The third-order valence-corrected chi connectivity index (χ3v) is 14.8. The third-order valence-electron chi connectivity index (χ3n) is 12.1. The molecule has 3 nitrogen and oxygen atoms in total. The van der Waals surface area contributed by atoms with Crippen molar-refractivity contribution in [3.8, 4) is 0 Å². The number of hydrogen-bond donors (Lipinski definition) is 0. The van der Waals surface area contributed by atoms with Gasteiger partial charge >= 0.3 is 0 Å². The first-order valence-electron chi connectivity index (χ1n) is 25.6. The minimum absolute atomic E-state index is 0.204. The van der Waals surface area contributed by atoms with Gasteiger partial charge in [0.1, 0.15) is 0 Å². The van der Waals surface area contributed by atoms with E-state index in [0.717, 1.165) is 41.1 Å². The van der Waals surface area contributed by atoms with Gasteiger partial charge < -0.3 is 9.80 Å². The minimum atomic E-state index is 0.204. The fourth-order valence-electron chi connectivity index (χ4n) is 8.17. The van der Waals surface area contributed by atoms with Gasteiger partial charge in [-0.3, -0.25) is 4.79 Å². The van der Waals surface area contributed by atoms with E-state index in [1.807, 2.05) is 11.8 Å². The predicted octanol–water partition coefficient (Wildman–Crippen LogP) is 17.7. The van der Waals surface area contributed by atoms with Crippen LogP contribution >= 0.6 is 48.0 Å². The van der Waals surface area contributed by atoms with E-state index in [-0.39, 0.29) is 6.04 Å². The molecule has 0 radical (unpaired) electrons. The molecule has 0 spiro atoms. The second-order valence-corrected chi connectivity index (χ2v) is 21.1. The molecule has 344 valence electrons. The normalized spacial score (nSPS) is 11.9. The Kier molecular flexibility index (Phi) is 46.8.